The first-order chi connectivity index (χ1) is 13.6. The van der Waals surface area contributed by atoms with Crippen molar-refractivity contribution in [2.75, 3.05) is 32.8 Å². The highest BCUT2D eigenvalue weighted by Crippen LogP contribution is 2.36. The molecule has 0 rings (SSSR count). The van der Waals surface area contributed by atoms with Crippen LogP contribution in [0.3, 0.4) is 0 Å². The van der Waals surface area contributed by atoms with Gasteiger partial charge in [-0.15, -0.1) is 0 Å². The minimum Gasteiger partial charge on any atom is -0.462 e. The van der Waals surface area contributed by atoms with Crippen LogP contribution in [0.5, 0.6) is 0 Å². The van der Waals surface area contributed by atoms with E-state index in [1.54, 1.807) is 6.92 Å². The maximum absolute atomic E-state index is 11.8. The third-order valence-corrected chi connectivity index (χ3v) is 5.91. The van der Waals surface area contributed by atoms with Crippen LogP contribution < -0.4 is 0 Å². The smallest absolute Gasteiger partial charge is 0.462 e. The predicted molar refractivity (Wildman–Crippen MR) is 116 cm³/mol. The molecule has 0 aliphatic rings. The van der Waals surface area contributed by atoms with Gasteiger partial charge in [-0.25, -0.2) is 9.36 Å². The summed E-state index contributed by atoms with van der Waals surface area (Å²) >= 11 is 0. The van der Waals surface area contributed by atoms with E-state index in [1.807, 2.05) is 0 Å². The van der Waals surface area contributed by atoms with Gasteiger partial charge in [0.1, 0.15) is 0 Å². The van der Waals surface area contributed by atoms with Crippen molar-refractivity contribution in [3.05, 3.63) is 12.2 Å². The minimum atomic E-state index is -4.50. The summed E-state index contributed by atoms with van der Waals surface area (Å²) in [7, 11) is -4.50. The van der Waals surface area contributed by atoms with Gasteiger partial charge < -0.3 is 19.0 Å². The van der Waals surface area contributed by atoms with Crippen LogP contribution in [0.1, 0.15) is 79.1 Å². The Balaban J connectivity index is 5.50. The first-order valence-electron chi connectivity index (χ1n) is 11.0. The van der Waals surface area contributed by atoms with Crippen molar-refractivity contribution in [3.8, 4) is 0 Å². The Kier molecular flexibility index (Phi) is 14.8. The van der Waals surface area contributed by atoms with E-state index in [2.05, 4.69) is 27.4 Å². The van der Waals surface area contributed by atoms with Gasteiger partial charge >= 0.3 is 13.8 Å². The molecule has 0 amide bonds. The molecule has 0 saturated carbocycles. The van der Waals surface area contributed by atoms with Crippen molar-refractivity contribution in [2.45, 2.75) is 85.1 Å². The fourth-order valence-electron chi connectivity index (χ4n) is 3.71. The molecule has 0 aromatic heterocycles. The number of quaternary nitrogens is 1. The minimum absolute atomic E-state index is 0.00620. The van der Waals surface area contributed by atoms with Gasteiger partial charge in [-0.3, -0.25) is 4.52 Å². The Bertz CT molecular complexity index is 498. The molecule has 2 N–H and O–H groups in total. The molecule has 29 heavy (non-hydrogen) atoms. The molecule has 0 fully saturated rings. The highest BCUT2D eigenvalue weighted by molar-refractivity contribution is 7.46. The fourth-order valence-corrected chi connectivity index (χ4v) is 4.06. The van der Waals surface area contributed by atoms with Crippen molar-refractivity contribution in [1.29, 1.82) is 0 Å². The highest BCUT2D eigenvalue weighted by atomic mass is 31.2. The topological polar surface area (TPSA) is 93.1 Å². The summed E-state index contributed by atoms with van der Waals surface area (Å²) in [5.41, 5.74) is 0.370. The molecule has 0 spiro atoms. The van der Waals surface area contributed by atoms with E-state index < -0.39 is 13.8 Å². The largest absolute Gasteiger partial charge is 0.469 e. The molecule has 1 unspecified atom stereocenters. The van der Waals surface area contributed by atoms with Gasteiger partial charge in [-0.05, 0) is 26.2 Å². The average molecular weight is 437 g/mol. The summed E-state index contributed by atoms with van der Waals surface area (Å²) in [5, 5.41) is 0. The Morgan fingerprint density at radius 1 is 0.966 bits per heavy atom. The number of esters is 1. The summed E-state index contributed by atoms with van der Waals surface area (Å²) in [6.07, 6.45) is 7.71. The number of carbonyl (C=O) groups is 1. The van der Waals surface area contributed by atoms with Crippen LogP contribution in [-0.4, -0.2) is 59.1 Å². The lowest BCUT2D eigenvalue weighted by Gasteiger charge is -2.46. The monoisotopic (exact) mass is 436 g/mol. The molecule has 7 nitrogen and oxygen atoms in total. The third-order valence-electron chi connectivity index (χ3n) is 5.39. The number of rotatable bonds is 18. The van der Waals surface area contributed by atoms with Crippen molar-refractivity contribution in [1.82, 2.24) is 0 Å². The second-order valence-corrected chi connectivity index (χ2v) is 9.16. The first-order valence-corrected chi connectivity index (χ1v) is 12.5. The summed E-state index contributed by atoms with van der Waals surface area (Å²) < 4.78 is 22.2. The van der Waals surface area contributed by atoms with Crippen LogP contribution in [0.2, 0.25) is 0 Å². The zero-order valence-electron chi connectivity index (χ0n) is 18.9. The maximum atomic E-state index is 11.8. The van der Waals surface area contributed by atoms with Gasteiger partial charge in [0.05, 0.1) is 38.9 Å². The van der Waals surface area contributed by atoms with E-state index in [0.717, 1.165) is 62.6 Å². The number of unbranched alkanes of at least 4 members (excludes halogenated alkanes) is 3. The van der Waals surface area contributed by atoms with Gasteiger partial charge in [-0.1, -0.05) is 46.6 Å². The Morgan fingerprint density at radius 3 is 1.79 bits per heavy atom. The van der Waals surface area contributed by atoms with Crippen molar-refractivity contribution < 1.29 is 32.9 Å². The molecule has 0 bridgehead atoms. The number of nitrogens with zero attached hydrogens (tertiary/aromatic N) is 1. The predicted octanol–water partition coefficient (Wildman–Crippen LogP) is 4.58. The number of hydrogen-bond acceptors (Lipinski definition) is 4. The standard InChI is InChI=1S/C21H42NO6P/c1-6-9-14-22(15-10-7-2,16-11-8-3)20(13-18-28-29(24,25)26)12-17-27-21(23)19(4)5/h20H,4,6-18H2,1-3,5H3,(H-,24,25,26)/p+1. The molecular weight excluding hydrogens is 393 g/mol. The molecule has 0 aliphatic heterocycles. The third kappa shape index (κ3) is 12.5. The van der Waals surface area contributed by atoms with Crippen LogP contribution in [0.15, 0.2) is 12.2 Å². The molecule has 0 radical (unpaired) electrons. The van der Waals surface area contributed by atoms with Crippen molar-refractivity contribution >= 4 is 13.8 Å². The zero-order valence-corrected chi connectivity index (χ0v) is 19.8. The number of hydrogen-bond donors (Lipinski definition) is 2. The summed E-state index contributed by atoms with van der Waals surface area (Å²) in [5.74, 6) is -0.399. The Labute approximate surface area is 177 Å². The first kappa shape index (κ1) is 28.3. The molecule has 8 heteroatoms. The van der Waals surface area contributed by atoms with Crippen molar-refractivity contribution in [2.24, 2.45) is 0 Å². The van der Waals surface area contributed by atoms with E-state index in [0.29, 0.717) is 18.4 Å². The maximum Gasteiger partial charge on any atom is 0.469 e. The van der Waals surface area contributed by atoms with Crippen LogP contribution in [0.25, 0.3) is 0 Å². The summed E-state index contributed by atoms with van der Waals surface area (Å²) in [4.78, 5) is 29.9. The molecule has 0 heterocycles. The average Bonchev–Trinajstić information content (AvgIpc) is 2.65. The van der Waals surface area contributed by atoms with Gasteiger partial charge in [0.15, 0.2) is 0 Å². The van der Waals surface area contributed by atoms with E-state index in [-0.39, 0.29) is 19.3 Å². The van der Waals surface area contributed by atoms with Crippen LogP contribution in [-0.2, 0) is 18.6 Å². The molecule has 0 aliphatic carbocycles. The summed E-state index contributed by atoms with van der Waals surface area (Å²) in [6.45, 7) is 15.1. The van der Waals surface area contributed by atoms with Gasteiger partial charge in [-0.2, -0.15) is 0 Å². The summed E-state index contributed by atoms with van der Waals surface area (Å²) in [6, 6.07) is 0.115. The van der Waals surface area contributed by atoms with E-state index >= 15 is 0 Å². The van der Waals surface area contributed by atoms with E-state index in [9.17, 15) is 9.36 Å². The number of phosphoric ester groups is 1. The van der Waals surface area contributed by atoms with E-state index in [1.165, 1.54) is 0 Å². The molecular formula is C21H43NO6P+. The van der Waals surface area contributed by atoms with Crippen molar-refractivity contribution in [3.63, 3.8) is 0 Å². The van der Waals surface area contributed by atoms with Gasteiger partial charge in [0.25, 0.3) is 0 Å². The van der Waals surface area contributed by atoms with Crippen LogP contribution >= 0.6 is 7.82 Å². The second-order valence-electron chi connectivity index (χ2n) is 7.92. The molecule has 0 saturated heterocycles. The highest BCUT2D eigenvalue weighted by Gasteiger charge is 2.36. The fraction of sp³-hybridized carbons (Fsp3) is 0.857. The SMILES string of the molecule is C=C(C)C(=O)OCCC(CCOP(=O)(O)O)[N+](CCCC)(CCCC)CCCC. The lowest BCUT2D eigenvalue weighted by Crippen LogP contribution is -2.57. The lowest BCUT2D eigenvalue weighted by atomic mass is 10.0. The Hall–Kier alpha value is -0.720. The molecule has 1 atom stereocenters. The van der Waals surface area contributed by atoms with Crippen LogP contribution in [0, 0.1) is 0 Å². The number of carbonyl (C=O) groups excluding carboxylic acids is 1. The molecule has 0 aromatic rings. The van der Waals surface area contributed by atoms with Crippen LogP contribution in [0.4, 0.5) is 0 Å². The quantitative estimate of drug-likeness (QED) is 0.141. The van der Waals surface area contributed by atoms with E-state index in [4.69, 9.17) is 19.0 Å². The van der Waals surface area contributed by atoms with Gasteiger partial charge in [0.2, 0.25) is 0 Å². The molecule has 172 valence electrons. The van der Waals surface area contributed by atoms with Gasteiger partial charge in [0, 0.05) is 18.4 Å². The second kappa shape index (κ2) is 15.1. The lowest BCUT2D eigenvalue weighted by molar-refractivity contribution is -0.952. The number of phosphoric acid groups is 1. The number of ether oxygens (including phenoxy) is 1. The molecule has 0 aromatic carbocycles. The zero-order chi connectivity index (χ0) is 22.3. The normalized spacial score (nSPS) is 13.3. The Morgan fingerprint density at radius 2 is 1.41 bits per heavy atom.